The summed E-state index contributed by atoms with van der Waals surface area (Å²) in [5.74, 6) is -1.81. The van der Waals surface area contributed by atoms with Gasteiger partial charge in [-0.05, 0) is 77.9 Å². The van der Waals surface area contributed by atoms with Crippen LogP contribution in [-0.2, 0) is 23.9 Å². The third-order valence-corrected chi connectivity index (χ3v) is 10.5. The van der Waals surface area contributed by atoms with Gasteiger partial charge in [0.25, 0.3) is 0 Å². The average Bonchev–Trinajstić information content (AvgIpc) is 3.45. The highest BCUT2D eigenvalue weighted by Crippen LogP contribution is 2.34. The van der Waals surface area contributed by atoms with Crippen LogP contribution < -0.4 is 0 Å². The van der Waals surface area contributed by atoms with E-state index in [1.54, 1.807) is 32.1 Å². The maximum atomic E-state index is 14.1. The van der Waals surface area contributed by atoms with E-state index in [0.29, 0.717) is 12.8 Å². The number of Topliss-reactive ketones (excluding diaryl/α,β-unsaturated/α-hetero) is 1. The number of aliphatic hydroxyl groups is 1. The van der Waals surface area contributed by atoms with Gasteiger partial charge in [0.2, 0.25) is 1.43 Å². The van der Waals surface area contributed by atoms with Crippen molar-refractivity contribution in [2.45, 2.75) is 170 Å². The van der Waals surface area contributed by atoms with Gasteiger partial charge >= 0.3 is 11.9 Å². The number of allylic oxidation sites excluding steroid dienone is 1. The van der Waals surface area contributed by atoms with E-state index in [0.717, 1.165) is 54.8 Å². The summed E-state index contributed by atoms with van der Waals surface area (Å²) in [6.07, 6.45) is 15.1. The van der Waals surface area contributed by atoms with Crippen LogP contribution in [0.15, 0.2) is 22.6 Å². The molecular weight excluding hydrogens is 610 g/mol. The Balaban J connectivity index is 2.29. The zero-order chi connectivity index (χ0) is 35.7. The quantitative estimate of drug-likeness (QED) is 0.119. The topological polar surface area (TPSA) is 103 Å². The summed E-state index contributed by atoms with van der Waals surface area (Å²) >= 11 is 1.56. The number of nitrogens with zero attached hydrogens (tertiary/aromatic N) is 1. The van der Waals surface area contributed by atoms with Crippen molar-refractivity contribution in [1.29, 1.82) is 1.43 Å². The Morgan fingerprint density at radius 2 is 1.79 bits per heavy atom. The zero-order valence-electron chi connectivity index (χ0n) is 31.5. The summed E-state index contributed by atoms with van der Waals surface area (Å²) in [5.41, 5.74) is 1.66. The number of hydrogen-bond acceptors (Lipinski definition) is 8. The highest BCUT2D eigenvalue weighted by atomic mass is 32.1. The molecule has 1 aromatic heterocycles. The van der Waals surface area contributed by atoms with Crippen LogP contribution in [0.3, 0.4) is 0 Å². The molecule has 8 heteroatoms. The normalized spacial score (nSPS) is 25.5. The number of carbonyl (C=O) groups is 3. The Bertz CT molecular complexity index is 1210. The third-order valence-electron chi connectivity index (χ3n) is 9.72. The molecule has 7 nitrogen and oxygen atoms in total. The minimum absolute atomic E-state index is 0.0324. The zero-order valence-corrected chi connectivity index (χ0v) is 31.3. The van der Waals surface area contributed by atoms with E-state index in [1.807, 2.05) is 32.2 Å². The maximum absolute atomic E-state index is 14.1. The molecule has 1 N–H and O–H groups in total. The second-order valence-electron chi connectivity index (χ2n) is 14.4. The minimum atomic E-state index is -1.21. The lowest BCUT2D eigenvalue weighted by Gasteiger charge is -2.36. The summed E-state index contributed by atoms with van der Waals surface area (Å²) in [4.78, 5) is 45.5. The number of cyclic esters (lactones) is 1. The van der Waals surface area contributed by atoms with Crippen molar-refractivity contribution < 1.29 is 29.0 Å². The van der Waals surface area contributed by atoms with Crippen molar-refractivity contribution in [3.63, 3.8) is 0 Å². The van der Waals surface area contributed by atoms with Crippen LogP contribution in [0.2, 0.25) is 0 Å². The number of aliphatic hydroxyl groups excluding tert-OH is 1. The van der Waals surface area contributed by atoms with E-state index < -0.39 is 41.6 Å². The first-order valence-corrected chi connectivity index (χ1v) is 19.0. The third kappa shape index (κ3) is 14.4. The summed E-state index contributed by atoms with van der Waals surface area (Å²) in [7, 11) is 0. The van der Waals surface area contributed by atoms with Gasteiger partial charge in [0, 0.05) is 24.1 Å². The van der Waals surface area contributed by atoms with Gasteiger partial charge < -0.3 is 14.6 Å². The molecule has 1 aliphatic rings. The molecule has 0 fully saturated rings. The first-order valence-electron chi connectivity index (χ1n) is 18.5. The number of hydrogen-bond donors (Lipinski definition) is 1. The molecular formula is C39H63NO6S. The molecule has 0 unspecified atom stereocenters. The molecule has 1 aliphatic heterocycles. The maximum Gasteiger partial charge on any atom is 0.310 e. The molecule has 5 atom stereocenters. The van der Waals surface area contributed by atoms with Gasteiger partial charge in [0.15, 0.2) is 0 Å². The molecule has 0 bridgehead atoms. The molecule has 0 saturated carbocycles. The fourth-order valence-corrected chi connectivity index (χ4v) is 6.93. The number of aromatic nitrogens is 1. The molecule has 0 amide bonds. The van der Waals surface area contributed by atoms with Crippen molar-refractivity contribution in [3.05, 3.63) is 33.3 Å². The molecule has 0 aromatic carbocycles. The van der Waals surface area contributed by atoms with Crippen molar-refractivity contribution in [1.82, 2.24) is 4.98 Å². The number of aryl methyl sites for hydroxylation is 1. The lowest BCUT2D eigenvalue weighted by molar-refractivity contribution is -0.167. The standard InChI is InChI=1S/C39H63NO6S/c1-9-10-11-12-13-14-15-16-17-21-35(41)46-34-25-36(42)45-33(29(4)24-32-26-47-31(6)40-32)23-22-27(2)19-18-20-28(3)37(43)30(5)38(44)39(34,7)8/h22,24,26,28,30,33-34,37,43H,9-21,23,25H2,1-8H3/t28-,30-,33+,34+,37+/m1/s1/i43T. The van der Waals surface area contributed by atoms with Gasteiger partial charge in [-0.15, -0.1) is 11.3 Å². The predicted molar refractivity (Wildman–Crippen MR) is 192 cm³/mol. The number of rotatable bonds is 14. The van der Waals surface area contributed by atoms with E-state index in [2.05, 4.69) is 24.9 Å². The molecule has 1 aromatic rings. The monoisotopic (exact) mass is 675 g/mol. The summed E-state index contributed by atoms with van der Waals surface area (Å²) in [5, 5.41) is 8.09. The number of esters is 2. The Labute approximate surface area is 290 Å². The van der Waals surface area contributed by atoms with Crippen LogP contribution in [0.1, 0.15) is 155 Å². The molecule has 266 valence electrons. The van der Waals surface area contributed by atoms with Gasteiger partial charge in [-0.1, -0.05) is 83.8 Å². The van der Waals surface area contributed by atoms with Crippen molar-refractivity contribution >= 4 is 35.1 Å². The Hall–Kier alpha value is -2.32. The largest absolute Gasteiger partial charge is 0.461 e. The van der Waals surface area contributed by atoms with Gasteiger partial charge in [0.05, 0.1) is 28.6 Å². The van der Waals surface area contributed by atoms with Gasteiger partial charge in [-0.3, -0.25) is 14.4 Å². The first-order chi connectivity index (χ1) is 22.8. The van der Waals surface area contributed by atoms with Crippen LogP contribution >= 0.6 is 11.3 Å². The highest BCUT2D eigenvalue weighted by molar-refractivity contribution is 7.09. The lowest BCUT2D eigenvalue weighted by Crippen LogP contribution is -2.47. The van der Waals surface area contributed by atoms with Crippen molar-refractivity contribution in [3.8, 4) is 0 Å². The summed E-state index contributed by atoms with van der Waals surface area (Å²) in [6.45, 7) is 15.4. The van der Waals surface area contributed by atoms with Crippen molar-refractivity contribution in [2.75, 3.05) is 0 Å². The highest BCUT2D eigenvalue weighted by Gasteiger charge is 2.45. The van der Waals surface area contributed by atoms with Crippen LogP contribution in [0.5, 0.6) is 0 Å². The SMILES string of the molecule is [3H]O[C@H]1[C@H](C)CCCC(C)=CC[C@@H](C(C)=Cc2csc(C)n2)OC(=O)C[C@H](OC(=O)CCCCCCCCCCC)C(C)(C)C(=O)[C@@H]1C. The molecule has 47 heavy (non-hydrogen) atoms. The summed E-state index contributed by atoms with van der Waals surface area (Å²) in [6, 6.07) is 0. The van der Waals surface area contributed by atoms with E-state index in [1.165, 1.54) is 37.7 Å². The molecule has 0 spiro atoms. The lowest BCUT2D eigenvalue weighted by atomic mass is 9.72. The number of ether oxygens (including phenoxy) is 2. The minimum Gasteiger partial charge on any atom is -0.461 e. The van der Waals surface area contributed by atoms with E-state index >= 15 is 0 Å². The van der Waals surface area contributed by atoms with Crippen LogP contribution in [-0.4, -0.2) is 47.6 Å². The molecule has 2 heterocycles. The van der Waals surface area contributed by atoms with Gasteiger partial charge in [-0.2, -0.15) is 0 Å². The van der Waals surface area contributed by atoms with E-state index in [9.17, 15) is 14.4 Å². The van der Waals surface area contributed by atoms with Crippen LogP contribution in [0.4, 0.5) is 0 Å². The van der Waals surface area contributed by atoms with Crippen molar-refractivity contribution in [2.24, 2.45) is 17.3 Å². The molecule has 2 rings (SSSR count). The Morgan fingerprint density at radius 1 is 1.13 bits per heavy atom. The van der Waals surface area contributed by atoms with Gasteiger partial charge in [0.1, 0.15) is 18.0 Å². The second kappa shape index (κ2) is 20.9. The predicted octanol–water partition coefficient (Wildman–Crippen LogP) is 9.74. The molecule has 0 radical (unpaired) electrons. The molecule has 0 aliphatic carbocycles. The number of thiazole rings is 1. The van der Waals surface area contributed by atoms with Gasteiger partial charge in [-0.25, -0.2) is 4.98 Å². The van der Waals surface area contributed by atoms with E-state index in [-0.39, 0.29) is 24.5 Å². The van der Waals surface area contributed by atoms with Crippen LogP contribution in [0, 0.1) is 24.2 Å². The second-order valence-corrected chi connectivity index (χ2v) is 15.5. The fraction of sp³-hybridized carbons (Fsp3) is 0.744. The van der Waals surface area contributed by atoms with Crippen LogP contribution in [0.25, 0.3) is 6.08 Å². The fourth-order valence-electron chi connectivity index (χ4n) is 6.36. The first kappa shape index (κ1) is 39.1. The Morgan fingerprint density at radius 3 is 2.40 bits per heavy atom. The smallest absolute Gasteiger partial charge is 0.310 e. The summed E-state index contributed by atoms with van der Waals surface area (Å²) < 4.78 is 19.9. The van der Waals surface area contributed by atoms with E-state index in [4.69, 9.17) is 16.0 Å². The Kier molecular flexibility index (Phi) is 17.4. The number of ketones is 1. The molecule has 0 saturated heterocycles. The number of unbranched alkanes of at least 4 members (excludes halogenated alkanes) is 8. The average molecular weight is 676 g/mol. The number of carbonyl (C=O) groups excluding carboxylic acids is 3.